The minimum Gasteiger partial charge on any atom is -0.480 e. The van der Waals surface area contributed by atoms with Gasteiger partial charge in [0.05, 0.1) is 28.2 Å². The molecule has 2 aromatic carbocycles. The Labute approximate surface area is 192 Å². The van der Waals surface area contributed by atoms with Crippen molar-refractivity contribution in [3.63, 3.8) is 0 Å². The fourth-order valence-electron chi connectivity index (χ4n) is 2.82. The van der Waals surface area contributed by atoms with Crippen LogP contribution in [0.1, 0.15) is 32.2 Å². The molecule has 162 valence electrons. The second-order valence-electron chi connectivity index (χ2n) is 6.92. The number of aromatic nitrogens is 2. The maximum absolute atomic E-state index is 12.9. The van der Waals surface area contributed by atoms with Gasteiger partial charge < -0.3 is 9.47 Å². The molecule has 3 aromatic rings. The van der Waals surface area contributed by atoms with Gasteiger partial charge in [-0.3, -0.25) is 4.79 Å². The summed E-state index contributed by atoms with van der Waals surface area (Å²) in [5.41, 5.74) is 1.02. The lowest BCUT2D eigenvalue weighted by molar-refractivity contribution is -0.149. The van der Waals surface area contributed by atoms with E-state index in [0.29, 0.717) is 39.5 Å². The van der Waals surface area contributed by atoms with E-state index in [0.717, 1.165) is 4.47 Å². The van der Waals surface area contributed by atoms with Gasteiger partial charge in [0.1, 0.15) is 11.6 Å². The SMILES string of the molecule is CCc1nc2ccc(Br)cc2c(=O)n1N=Cc1ccc(OCC(=O)OC(C)C)c(Cl)c1. The summed E-state index contributed by atoms with van der Waals surface area (Å²) in [4.78, 5) is 29.1. The first-order chi connectivity index (χ1) is 14.8. The number of esters is 1. The first kappa shape index (κ1) is 23.0. The van der Waals surface area contributed by atoms with Crippen molar-refractivity contribution in [1.82, 2.24) is 9.66 Å². The van der Waals surface area contributed by atoms with Crippen LogP contribution in [0.3, 0.4) is 0 Å². The second kappa shape index (κ2) is 10.1. The Hall–Kier alpha value is -2.71. The van der Waals surface area contributed by atoms with Crippen LogP contribution in [-0.4, -0.2) is 34.6 Å². The number of halogens is 2. The molecule has 1 aromatic heterocycles. The molecule has 0 spiro atoms. The van der Waals surface area contributed by atoms with Crippen molar-refractivity contribution in [2.75, 3.05) is 6.61 Å². The third-order valence-electron chi connectivity index (χ3n) is 4.18. The zero-order valence-corrected chi connectivity index (χ0v) is 19.6. The van der Waals surface area contributed by atoms with Gasteiger partial charge in [-0.2, -0.15) is 9.78 Å². The summed E-state index contributed by atoms with van der Waals surface area (Å²) >= 11 is 9.64. The van der Waals surface area contributed by atoms with Gasteiger partial charge in [-0.25, -0.2) is 9.78 Å². The Balaban J connectivity index is 1.84. The first-order valence-electron chi connectivity index (χ1n) is 9.66. The van der Waals surface area contributed by atoms with Crippen LogP contribution in [-0.2, 0) is 16.0 Å². The van der Waals surface area contributed by atoms with Gasteiger partial charge in [-0.15, -0.1) is 0 Å². The van der Waals surface area contributed by atoms with Gasteiger partial charge in [-0.05, 0) is 55.8 Å². The number of fused-ring (bicyclic) bond motifs is 1. The van der Waals surface area contributed by atoms with Crippen molar-refractivity contribution >= 4 is 50.6 Å². The fraction of sp³-hybridized carbons (Fsp3) is 0.273. The van der Waals surface area contributed by atoms with Crippen molar-refractivity contribution in [2.45, 2.75) is 33.3 Å². The number of hydrogen-bond acceptors (Lipinski definition) is 6. The van der Waals surface area contributed by atoms with Crippen LogP contribution < -0.4 is 10.3 Å². The average Bonchev–Trinajstić information content (AvgIpc) is 2.72. The molecule has 3 rings (SSSR count). The molecule has 0 saturated carbocycles. The van der Waals surface area contributed by atoms with E-state index in [-0.39, 0.29) is 18.3 Å². The molecular formula is C22H21BrClN3O4. The summed E-state index contributed by atoms with van der Waals surface area (Å²) in [5.74, 6) is 0.424. The third-order valence-corrected chi connectivity index (χ3v) is 4.97. The minimum absolute atomic E-state index is 0.215. The van der Waals surface area contributed by atoms with Crippen molar-refractivity contribution in [3.8, 4) is 5.75 Å². The van der Waals surface area contributed by atoms with E-state index in [2.05, 4.69) is 26.0 Å². The lowest BCUT2D eigenvalue weighted by atomic mass is 10.2. The smallest absolute Gasteiger partial charge is 0.344 e. The molecule has 0 unspecified atom stereocenters. The van der Waals surface area contributed by atoms with Crippen LogP contribution in [0, 0.1) is 0 Å². The molecule has 1 heterocycles. The zero-order chi connectivity index (χ0) is 22.5. The number of rotatable bonds is 7. The summed E-state index contributed by atoms with van der Waals surface area (Å²) in [6.45, 7) is 5.20. The van der Waals surface area contributed by atoms with Crippen LogP contribution in [0.15, 0.2) is 50.8 Å². The van der Waals surface area contributed by atoms with E-state index in [4.69, 9.17) is 21.1 Å². The molecule has 0 bridgehead atoms. The Morgan fingerprint density at radius 3 is 2.74 bits per heavy atom. The van der Waals surface area contributed by atoms with Crippen LogP contribution in [0.4, 0.5) is 0 Å². The molecular weight excluding hydrogens is 486 g/mol. The van der Waals surface area contributed by atoms with Crippen molar-refractivity contribution in [2.24, 2.45) is 5.10 Å². The fourth-order valence-corrected chi connectivity index (χ4v) is 3.42. The van der Waals surface area contributed by atoms with Crippen molar-refractivity contribution in [3.05, 3.63) is 67.6 Å². The number of hydrogen-bond donors (Lipinski definition) is 0. The maximum atomic E-state index is 12.9. The Morgan fingerprint density at radius 2 is 2.06 bits per heavy atom. The first-order valence-corrected chi connectivity index (χ1v) is 10.8. The van der Waals surface area contributed by atoms with Crippen LogP contribution >= 0.6 is 27.5 Å². The van der Waals surface area contributed by atoms with E-state index in [1.807, 2.05) is 13.0 Å². The molecule has 7 nitrogen and oxygen atoms in total. The summed E-state index contributed by atoms with van der Waals surface area (Å²) in [5, 5.41) is 5.11. The molecule has 0 aliphatic rings. The molecule has 0 radical (unpaired) electrons. The number of carbonyl (C=O) groups is 1. The van der Waals surface area contributed by atoms with Gasteiger partial charge >= 0.3 is 5.97 Å². The van der Waals surface area contributed by atoms with Crippen LogP contribution in [0.2, 0.25) is 5.02 Å². The topological polar surface area (TPSA) is 82.8 Å². The molecule has 0 saturated heterocycles. The molecule has 0 fully saturated rings. The van der Waals surface area contributed by atoms with Gasteiger partial charge in [0.2, 0.25) is 0 Å². The van der Waals surface area contributed by atoms with E-state index >= 15 is 0 Å². The predicted molar refractivity (Wildman–Crippen MR) is 124 cm³/mol. The Morgan fingerprint density at radius 1 is 1.29 bits per heavy atom. The molecule has 0 N–H and O–H groups in total. The summed E-state index contributed by atoms with van der Waals surface area (Å²) in [6.07, 6.45) is 1.85. The van der Waals surface area contributed by atoms with E-state index in [1.54, 1.807) is 44.2 Å². The van der Waals surface area contributed by atoms with Gasteiger partial charge in [0.25, 0.3) is 5.56 Å². The highest BCUT2D eigenvalue weighted by Crippen LogP contribution is 2.25. The molecule has 0 aliphatic carbocycles. The van der Waals surface area contributed by atoms with Crippen LogP contribution in [0.5, 0.6) is 5.75 Å². The standard InChI is InChI=1S/C22H21BrClN3O4/c1-4-20-26-18-7-6-15(23)10-16(18)22(29)27(20)25-11-14-5-8-19(17(24)9-14)30-12-21(28)31-13(2)3/h5-11,13H,4,12H2,1-3H3. The predicted octanol–water partition coefficient (Wildman–Crippen LogP) is 4.59. The third kappa shape index (κ3) is 5.71. The molecule has 0 aliphatic heterocycles. The Bertz CT molecular complexity index is 1210. The number of nitrogens with zero attached hydrogens (tertiary/aromatic N) is 3. The average molecular weight is 507 g/mol. The largest absolute Gasteiger partial charge is 0.480 e. The van der Waals surface area contributed by atoms with E-state index < -0.39 is 5.97 Å². The van der Waals surface area contributed by atoms with Gasteiger partial charge in [0.15, 0.2) is 6.61 Å². The highest BCUT2D eigenvalue weighted by Gasteiger charge is 2.11. The summed E-state index contributed by atoms with van der Waals surface area (Å²) < 4.78 is 12.5. The van der Waals surface area contributed by atoms with E-state index in [9.17, 15) is 9.59 Å². The van der Waals surface area contributed by atoms with Gasteiger partial charge in [0, 0.05) is 10.9 Å². The molecule has 9 heteroatoms. The molecule has 0 atom stereocenters. The lowest BCUT2D eigenvalue weighted by Crippen LogP contribution is -2.22. The number of aryl methyl sites for hydroxylation is 1. The van der Waals surface area contributed by atoms with Crippen LogP contribution in [0.25, 0.3) is 10.9 Å². The second-order valence-corrected chi connectivity index (χ2v) is 8.24. The molecule has 0 amide bonds. The highest BCUT2D eigenvalue weighted by molar-refractivity contribution is 9.10. The summed E-state index contributed by atoms with van der Waals surface area (Å²) in [7, 11) is 0. The van der Waals surface area contributed by atoms with E-state index in [1.165, 1.54) is 10.9 Å². The Kier molecular flexibility index (Phi) is 7.46. The number of carbonyl (C=O) groups excluding carboxylic acids is 1. The minimum atomic E-state index is -0.474. The number of ether oxygens (including phenoxy) is 2. The zero-order valence-electron chi connectivity index (χ0n) is 17.3. The van der Waals surface area contributed by atoms with Gasteiger partial charge in [-0.1, -0.05) is 34.5 Å². The normalized spacial score (nSPS) is 11.4. The maximum Gasteiger partial charge on any atom is 0.344 e. The molecule has 31 heavy (non-hydrogen) atoms. The monoisotopic (exact) mass is 505 g/mol. The number of benzene rings is 2. The lowest BCUT2D eigenvalue weighted by Gasteiger charge is -2.10. The van der Waals surface area contributed by atoms with Crippen molar-refractivity contribution in [1.29, 1.82) is 0 Å². The quantitative estimate of drug-likeness (QED) is 0.346. The highest BCUT2D eigenvalue weighted by atomic mass is 79.9. The summed E-state index contributed by atoms with van der Waals surface area (Å²) in [6, 6.07) is 10.4. The van der Waals surface area contributed by atoms with Crippen molar-refractivity contribution < 1.29 is 14.3 Å².